The van der Waals surface area contributed by atoms with E-state index in [9.17, 15) is 13.2 Å². The van der Waals surface area contributed by atoms with Gasteiger partial charge in [0.15, 0.2) is 0 Å². The molecule has 0 aromatic heterocycles. The van der Waals surface area contributed by atoms with E-state index in [4.69, 9.17) is 0 Å². The van der Waals surface area contributed by atoms with Gasteiger partial charge in [0.05, 0.1) is 10.6 Å². The molecule has 24 heavy (non-hydrogen) atoms. The number of rotatable bonds is 4. The summed E-state index contributed by atoms with van der Waals surface area (Å²) in [5, 5.41) is 0. The summed E-state index contributed by atoms with van der Waals surface area (Å²) in [5.74, 6) is 0.0426. The fourth-order valence-corrected chi connectivity index (χ4v) is 4.86. The maximum Gasteiger partial charge on any atom is 0.264 e. The summed E-state index contributed by atoms with van der Waals surface area (Å²) in [7, 11) is -3.64. The highest BCUT2D eigenvalue weighted by atomic mass is 32.2. The molecule has 126 valence electrons. The van der Waals surface area contributed by atoms with E-state index < -0.39 is 10.0 Å². The van der Waals surface area contributed by atoms with Crippen LogP contribution in [0.15, 0.2) is 41.3 Å². The molecule has 0 spiro atoms. The monoisotopic (exact) mass is 343 g/mol. The Balaban J connectivity index is 2.17. The summed E-state index contributed by atoms with van der Waals surface area (Å²) in [6.07, 6.45) is 1.62. The highest BCUT2D eigenvalue weighted by Gasteiger charge is 2.37. The highest BCUT2D eigenvalue weighted by Crippen LogP contribution is 2.43. The molecule has 5 heteroatoms. The number of aldehydes is 1. The topological polar surface area (TPSA) is 54.5 Å². The van der Waals surface area contributed by atoms with E-state index >= 15 is 0 Å². The second-order valence-corrected chi connectivity index (χ2v) is 8.22. The van der Waals surface area contributed by atoms with Gasteiger partial charge in [-0.3, -0.25) is 9.10 Å². The molecule has 0 radical (unpaired) electrons. The third-order valence-corrected chi connectivity index (χ3v) is 6.42. The Kier molecular flexibility index (Phi) is 4.22. The molecule has 0 fully saturated rings. The van der Waals surface area contributed by atoms with Gasteiger partial charge in [0.1, 0.15) is 6.29 Å². The Morgan fingerprint density at radius 1 is 1.12 bits per heavy atom. The highest BCUT2D eigenvalue weighted by molar-refractivity contribution is 7.92. The van der Waals surface area contributed by atoms with Crippen LogP contribution in [-0.4, -0.2) is 21.2 Å². The molecule has 0 saturated heterocycles. The zero-order chi connectivity index (χ0) is 17.5. The Morgan fingerprint density at radius 2 is 1.79 bits per heavy atom. The molecule has 0 unspecified atom stereocenters. The fraction of sp³-hybridized carbons (Fsp3) is 0.316. The van der Waals surface area contributed by atoms with Gasteiger partial charge in [-0.2, -0.15) is 0 Å². The van der Waals surface area contributed by atoms with Gasteiger partial charge >= 0.3 is 0 Å². The minimum atomic E-state index is -3.64. The van der Waals surface area contributed by atoms with Gasteiger partial charge in [0, 0.05) is 18.0 Å². The summed E-state index contributed by atoms with van der Waals surface area (Å²) in [6.45, 7) is 6.20. The van der Waals surface area contributed by atoms with Crippen molar-refractivity contribution in [3.8, 4) is 0 Å². The molecule has 0 aliphatic carbocycles. The molecule has 4 nitrogen and oxygen atoms in total. The molecule has 2 aromatic carbocycles. The van der Waals surface area contributed by atoms with Crippen LogP contribution >= 0.6 is 0 Å². The lowest BCUT2D eigenvalue weighted by atomic mass is 9.93. The van der Waals surface area contributed by atoms with E-state index in [1.807, 2.05) is 32.9 Å². The van der Waals surface area contributed by atoms with E-state index in [0.29, 0.717) is 17.8 Å². The maximum atomic E-state index is 13.1. The molecule has 2 aromatic rings. The van der Waals surface area contributed by atoms with Crippen LogP contribution < -0.4 is 4.31 Å². The molecule has 1 atom stereocenters. The number of benzene rings is 2. The largest absolute Gasteiger partial charge is 0.298 e. The zero-order valence-corrected chi connectivity index (χ0v) is 14.9. The van der Waals surface area contributed by atoms with Crippen molar-refractivity contribution in [1.29, 1.82) is 0 Å². The minimum absolute atomic E-state index is 0.0426. The van der Waals surface area contributed by atoms with Crippen molar-refractivity contribution < 1.29 is 13.2 Å². The van der Waals surface area contributed by atoms with Crippen LogP contribution in [0, 0.1) is 13.8 Å². The molecule has 0 bridgehead atoms. The van der Waals surface area contributed by atoms with Gasteiger partial charge in [-0.1, -0.05) is 24.6 Å². The van der Waals surface area contributed by atoms with Crippen molar-refractivity contribution in [3.05, 3.63) is 58.7 Å². The van der Waals surface area contributed by atoms with E-state index in [1.165, 1.54) is 4.31 Å². The van der Waals surface area contributed by atoms with Crippen LogP contribution in [0.3, 0.4) is 0 Å². The van der Waals surface area contributed by atoms with Gasteiger partial charge < -0.3 is 0 Å². The first kappa shape index (κ1) is 16.7. The van der Waals surface area contributed by atoms with Gasteiger partial charge in [-0.15, -0.1) is 0 Å². The molecule has 1 aliphatic heterocycles. The number of carbonyl (C=O) groups excluding carboxylic acids is 1. The quantitative estimate of drug-likeness (QED) is 0.793. The molecule has 0 N–H and O–H groups in total. The molecule has 0 amide bonds. The Labute approximate surface area is 143 Å². The first-order chi connectivity index (χ1) is 11.4. The number of hydrogen-bond donors (Lipinski definition) is 0. The number of anilines is 1. The lowest BCUT2D eigenvalue weighted by molar-refractivity contribution is 0.112. The Bertz CT molecular complexity index is 886. The third kappa shape index (κ3) is 2.63. The normalized spacial score (nSPS) is 17.0. The van der Waals surface area contributed by atoms with Gasteiger partial charge in [-0.25, -0.2) is 8.42 Å². The van der Waals surface area contributed by atoms with Crippen LogP contribution in [0.4, 0.5) is 5.69 Å². The number of hydrogen-bond acceptors (Lipinski definition) is 3. The average Bonchev–Trinajstić information content (AvgIpc) is 2.93. The van der Waals surface area contributed by atoms with Crippen molar-refractivity contribution in [3.63, 3.8) is 0 Å². The molecular formula is C19H21NO3S. The maximum absolute atomic E-state index is 13.1. The minimum Gasteiger partial charge on any atom is -0.298 e. The second-order valence-electron chi connectivity index (χ2n) is 6.36. The predicted molar refractivity (Wildman–Crippen MR) is 95.3 cm³/mol. The molecule has 3 rings (SSSR count). The van der Waals surface area contributed by atoms with Crippen LogP contribution in [0.5, 0.6) is 0 Å². The molecule has 0 saturated carbocycles. The van der Waals surface area contributed by atoms with Gasteiger partial charge in [0.2, 0.25) is 0 Å². The van der Waals surface area contributed by atoms with Gasteiger partial charge in [0.25, 0.3) is 10.0 Å². The van der Waals surface area contributed by atoms with Crippen molar-refractivity contribution in [2.24, 2.45) is 0 Å². The number of carbonyl (C=O) groups is 1. The third-order valence-electron chi connectivity index (χ3n) is 4.63. The van der Waals surface area contributed by atoms with Crippen molar-refractivity contribution in [2.45, 2.75) is 38.0 Å². The summed E-state index contributed by atoms with van der Waals surface area (Å²) in [6, 6.07) is 10.6. The van der Waals surface area contributed by atoms with E-state index in [-0.39, 0.29) is 10.8 Å². The summed E-state index contributed by atoms with van der Waals surface area (Å²) in [5.41, 5.74) is 4.00. The van der Waals surface area contributed by atoms with E-state index in [1.54, 1.807) is 24.3 Å². The number of nitrogens with zero attached hydrogens (tertiary/aromatic N) is 1. The summed E-state index contributed by atoms with van der Waals surface area (Å²) in [4.78, 5) is 11.8. The first-order valence-electron chi connectivity index (χ1n) is 8.07. The second kappa shape index (κ2) is 6.06. The molecule has 1 heterocycles. The smallest absolute Gasteiger partial charge is 0.264 e. The van der Waals surface area contributed by atoms with E-state index in [2.05, 4.69) is 0 Å². The molecule has 1 aliphatic rings. The van der Waals surface area contributed by atoms with Crippen molar-refractivity contribution in [1.82, 2.24) is 0 Å². The standard InChI is InChI=1S/C19H21NO3S/c1-4-15-11-20(18-10-14(3)9-16(12-21)19(15)18)24(22,23)17-7-5-13(2)6-8-17/h5-10,12,15H,4,11H2,1-3H3/t15-/m0/s1. The Morgan fingerprint density at radius 3 is 2.38 bits per heavy atom. The number of fused-ring (bicyclic) bond motifs is 1. The van der Waals surface area contributed by atoms with E-state index in [0.717, 1.165) is 29.4 Å². The lowest BCUT2D eigenvalue weighted by Gasteiger charge is -2.20. The summed E-state index contributed by atoms with van der Waals surface area (Å²) < 4.78 is 27.7. The van der Waals surface area contributed by atoms with Crippen LogP contribution in [0.1, 0.15) is 46.3 Å². The van der Waals surface area contributed by atoms with Crippen LogP contribution in [0.25, 0.3) is 0 Å². The predicted octanol–water partition coefficient (Wildman–Crippen LogP) is 3.82. The van der Waals surface area contributed by atoms with Crippen molar-refractivity contribution in [2.75, 3.05) is 10.8 Å². The van der Waals surface area contributed by atoms with Crippen LogP contribution in [-0.2, 0) is 10.0 Å². The van der Waals surface area contributed by atoms with Crippen molar-refractivity contribution >= 4 is 22.0 Å². The number of aryl methyl sites for hydroxylation is 2. The fourth-order valence-electron chi connectivity index (χ4n) is 3.34. The summed E-state index contributed by atoms with van der Waals surface area (Å²) >= 11 is 0. The SMILES string of the molecule is CC[C@H]1CN(S(=O)(=O)c2ccc(C)cc2)c2cc(C)cc(C=O)c21. The van der Waals surface area contributed by atoms with Crippen LogP contribution in [0.2, 0.25) is 0 Å². The lowest BCUT2D eigenvalue weighted by Crippen LogP contribution is -2.30. The molecular weight excluding hydrogens is 322 g/mol. The van der Waals surface area contributed by atoms with Gasteiger partial charge in [-0.05, 0) is 55.7 Å². The Hall–Kier alpha value is -2.14. The number of sulfonamides is 1. The first-order valence-corrected chi connectivity index (χ1v) is 9.51. The zero-order valence-electron chi connectivity index (χ0n) is 14.1. The average molecular weight is 343 g/mol.